The lowest BCUT2D eigenvalue weighted by Gasteiger charge is -2.19. The summed E-state index contributed by atoms with van der Waals surface area (Å²) in [5, 5.41) is 3.32. The smallest absolute Gasteiger partial charge is 0.222 e. The molecule has 20 heavy (non-hydrogen) atoms. The van der Waals surface area contributed by atoms with Crippen LogP contribution in [0.25, 0.3) is 0 Å². The van der Waals surface area contributed by atoms with E-state index in [1.165, 1.54) is 0 Å². The Morgan fingerprint density at radius 1 is 1.45 bits per heavy atom. The van der Waals surface area contributed by atoms with Crippen molar-refractivity contribution in [1.29, 1.82) is 0 Å². The van der Waals surface area contributed by atoms with Crippen LogP contribution in [0, 0.1) is 0 Å². The second kappa shape index (κ2) is 5.93. The summed E-state index contributed by atoms with van der Waals surface area (Å²) in [5.74, 6) is 1.31. The first kappa shape index (κ1) is 13.6. The molecular weight excluding hydrogens is 254 g/mol. The number of nitrogens with two attached hydrogens (primary N) is 1. The molecule has 1 aromatic heterocycles. The molecule has 0 saturated carbocycles. The highest BCUT2D eigenvalue weighted by molar-refractivity contribution is 5.45. The van der Waals surface area contributed by atoms with Gasteiger partial charge in [-0.2, -0.15) is 4.98 Å². The number of nitrogens with zero attached hydrogens (tertiary/aromatic N) is 3. The quantitative estimate of drug-likeness (QED) is 0.838. The number of anilines is 2. The van der Waals surface area contributed by atoms with Crippen molar-refractivity contribution >= 4 is 11.8 Å². The third-order valence-electron chi connectivity index (χ3n) is 4.16. The molecule has 0 spiro atoms. The molecule has 2 saturated heterocycles. The minimum Gasteiger partial charge on any atom is -0.378 e. The van der Waals surface area contributed by atoms with Gasteiger partial charge in [0.15, 0.2) is 0 Å². The van der Waals surface area contributed by atoms with E-state index in [-0.39, 0.29) is 0 Å². The molecule has 0 bridgehead atoms. The molecular formula is C14H23N5O. The summed E-state index contributed by atoms with van der Waals surface area (Å²) < 4.78 is 5.67. The number of hydrogen-bond donors (Lipinski definition) is 2. The van der Waals surface area contributed by atoms with Gasteiger partial charge in [-0.05, 0) is 26.3 Å². The molecule has 0 aliphatic carbocycles. The molecule has 2 atom stereocenters. The van der Waals surface area contributed by atoms with E-state index in [4.69, 9.17) is 10.5 Å². The Labute approximate surface area is 119 Å². The molecule has 3 N–H and O–H groups in total. The van der Waals surface area contributed by atoms with Crippen LogP contribution in [0.1, 0.15) is 25.0 Å². The summed E-state index contributed by atoms with van der Waals surface area (Å²) >= 11 is 0. The molecule has 1 aromatic rings. The zero-order valence-electron chi connectivity index (χ0n) is 12.0. The Morgan fingerprint density at radius 3 is 3.05 bits per heavy atom. The van der Waals surface area contributed by atoms with E-state index in [1.807, 2.05) is 7.05 Å². The van der Waals surface area contributed by atoms with Gasteiger partial charge >= 0.3 is 0 Å². The monoisotopic (exact) mass is 277 g/mol. The van der Waals surface area contributed by atoms with Crippen molar-refractivity contribution in [3.8, 4) is 0 Å². The van der Waals surface area contributed by atoms with Gasteiger partial charge in [-0.25, -0.2) is 4.98 Å². The predicted octanol–water partition coefficient (Wildman–Crippen LogP) is 0.578. The third-order valence-corrected chi connectivity index (χ3v) is 4.16. The van der Waals surface area contributed by atoms with Gasteiger partial charge < -0.3 is 20.7 Å². The first-order chi connectivity index (χ1) is 9.74. The van der Waals surface area contributed by atoms with E-state index in [0.717, 1.165) is 56.9 Å². The van der Waals surface area contributed by atoms with Crippen LogP contribution in [-0.2, 0) is 11.2 Å². The van der Waals surface area contributed by atoms with Crippen LogP contribution in [0.4, 0.5) is 11.8 Å². The summed E-state index contributed by atoms with van der Waals surface area (Å²) in [5.41, 5.74) is 6.86. The summed E-state index contributed by atoms with van der Waals surface area (Å²) in [6.07, 6.45) is 4.53. The highest BCUT2D eigenvalue weighted by Crippen LogP contribution is 2.22. The predicted molar refractivity (Wildman–Crippen MR) is 78.8 cm³/mol. The van der Waals surface area contributed by atoms with Crippen LogP contribution in [0.3, 0.4) is 0 Å². The first-order valence-electron chi connectivity index (χ1n) is 7.42. The van der Waals surface area contributed by atoms with E-state index in [2.05, 4.69) is 26.3 Å². The number of likely N-dealkylation sites (N-methyl/N-ethyl adjacent to an activating group) is 1. The largest absolute Gasteiger partial charge is 0.378 e. The average Bonchev–Trinajstić information content (AvgIpc) is 3.08. The number of rotatable bonds is 4. The van der Waals surface area contributed by atoms with Crippen molar-refractivity contribution in [1.82, 2.24) is 15.3 Å². The Balaban J connectivity index is 1.72. The molecule has 2 aliphatic heterocycles. The lowest BCUT2D eigenvalue weighted by atomic mass is 10.1. The van der Waals surface area contributed by atoms with Gasteiger partial charge in [-0.3, -0.25) is 0 Å². The van der Waals surface area contributed by atoms with Gasteiger partial charge in [-0.15, -0.1) is 0 Å². The molecule has 6 heteroatoms. The second-order valence-corrected chi connectivity index (χ2v) is 5.64. The number of nitrogen functional groups attached to an aromatic ring is 1. The lowest BCUT2D eigenvalue weighted by Crippen LogP contribution is -2.30. The maximum atomic E-state index is 5.86. The minimum atomic E-state index is 0.292. The first-order valence-corrected chi connectivity index (χ1v) is 7.42. The molecule has 6 nitrogen and oxygen atoms in total. The van der Waals surface area contributed by atoms with Crippen LogP contribution in [0.2, 0.25) is 0 Å². The van der Waals surface area contributed by atoms with Crippen LogP contribution in [-0.4, -0.2) is 48.9 Å². The Hall–Kier alpha value is -1.40. The van der Waals surface area contributed by atoms with Gasteiger partial charge in [0, 0.05) is 38.2 Å². The molecule has 0 unspecified atom stereocenters. The Bertz CT molecular complexity index is 461. The summed E-state index contributed by atoms with van der Waals surface area (Å²) in [6.45, 7) is 2.86. The fourth-order valence-corrected chi connectivity index (χ4v) is 3.01. The second-order valence-electron chi connectivity index (χ2n) is 5.64. The molecule has 0 radical (unpaired) electrons. The average molecular weight is 277 g/mol. The van der Waals surface area contributed by atoms with Gasteiger partial charge in [0.05, 0.1) is 11.8 Å². The van der Waals surface area contributed by atoms with Crippen LogP contribution < -0.4 is 16.0 Å². The number of aromatic nitrogens is 2. The van der Waals surface area contributed by atoms with E-state index >= 15 is 0 Å². The molecule has 3 rings (SSSR count). The zero-order valence-corrected chi connectivity index (χ0v) is 12.0. The molecule has 110 valence electrons. The van der Waals surface area contributed by atoms with Crippen molar-refractivity contribution in [3.05, 3.63) is 11.8 Å². The van der Waals surface area contributed by atoms with E-state index < -0.39 is 0 Å². The molecule has 2 fully saturated rings. The van der Waals surface area contributed by atoms with Crippen molar-refractivity contribution in [2.24, 2.45) is 0 Å². The topological polar surface area (TPSA) is 76.3 Å². The van der Waals surface area contributed by atoms with Crippen LogP contribution in [0.5, 0.6) is 0 Å². The zero-order chi connectivity index (χ0) is 13.9. The van der Waals surface area contributed by atoms with Gasteiger partial charge in [0.2, 0.25) is 5.95 Å². The molecule has 2 aliphatic rings. The van der Waals surface area contributed by atoms with Gasteiger partial charge in [0.25, 0.3) is 0 Å². The maximum absolute atomic E-state index is 5.86. The molecule has 3 heterocycles. The number of nitrogens with one attached hydrogen (secondary N) is 1. The number of ether oxygens (including phenoxy) is 1. The Morgan fingerprint density at radius 2 is 2.35 bits per heavy atom. The fourth-order valence-electron chi connectivity index (χ4n) is 3.01. The standard InChI is InChI=1S/C14H23N5O/c1-16-10-4-5-19(9-10)13-8-11(17-14(15)18-13)7-12-3-2-6-20-12/h8,10,12,16H,2-7,9H2,1H3,(H2,15,17,18)/t10-,12-/m1/s1. The van der Waals surface area contributed by atoms with Gasteiger partial charge in [0.1, 0.15) is 5.82 Å². The number of hydrogen-bond acceptors (Lipinski definition) is 6. The highest BCUT2D eigenvalue weighted by Gasteiger charge is 2.23. The van der Waals surface area contributed by atoms with E-state index in [1.54, 1.807) is 0 Å². The molecule has 0 amide bonds. The summed E-state index contributed by atoms with van der Waals surface area (Å²) in [6, 6.07) is 2.60. The van der Waals surface area contributed by atoms with Crippen LogP contribution >= 0.6 is 0 Å². The minimum absolute atomic E-state index is 0.292. The maximum Gasteiger partial charge on any atom is 0.222 e. The van der Waals surface area contributed by atoms with Crippen molar-refractivity contribution in [2.75, 3.05) is 37.4 Å². The summed E-state index contributed by atoms with van der Waals surface area (Å²) in [4.78, 5) is 11.0. The summed E-state index contributed by atoms with van der Waals surface area (Å²) in [7, 11) is 2.01. The van der Waals surface area contributed by atoms with Gasteiger partial charge in [-0.1, -0.05) is 0 Å². The normalized spacial score (nSPS) is 26.4. The lowest BCUT2D eigenvalue weighted by molar-refractivity contribution is 0.110. The van der Waals surface area contributed by atoms with Crippen molar-refractivity contribution < 1.29 is 4.74 Å². The highest BCUT2D eigenvalue weighted by atomic mass is 16.5. The van der Waals surface area contributed by atoms with Crippen molar-refractivity contribution in [3.63, 3.8) is 0 Å². The third kappa shape index (κ3) is 3.02. The van der Waals surface area contributed by atoms with Crippen LogP contribution in [0.15, 0.2) is 6.07 Å². The van der Waals surface area contributed by atoms with E-state index in [0.29, 0.717) is 18.1 Å². The fraction of sp³-hybridized carbons (Fsp3) is 0.714. The Kier molecular flexibility index (Phi) is 4.03. The van der Waals surface area contributed by atoms with E-state index in [9.17, 15) is 0 Å². The molecule has 0 aromatic carbocycles. The SMILES string of the molecule is CN[C@@H]1CCN(c2cc(C[C@H]3CCCO3)nc(N)n2)C1. The van der Waals surface area contributed by atoms with Crippen molar-refractivity contribution in [2.45, 2.75) is 37.8 Å².